The molecule has 7 nitrogen and oxygen atoms in total. The van der Waals surface area contributed by atoms with Crippen molar-refractivity contribution in [3.05, 3.63) is 57.4 Å². The van der Waals surface area contributed by atoms with Gasteiger partial charge in [0.1, 0.15) is 12.4 Å². The predicted octanol–water partition coefficient (Wildman–Crippen LogP) is 5.20. The van der Waals surface area contributed by atoms with E-state index in [0.29, 0.717) is 31.1 Å². The van der Waals surface area contributed by atoms with E-state index < -0.39 is 35.1 Å². The van der Waals surface area contributed by atoms with Crippen molar-refractivity contribution in [2.24, 2.45) is 0 Å². The molecule has 212 valence electrons. The van der Waals surface area contributed by atoms with E-state index in [1.54, 1.807) is 52.0 Å². The molecule has 39 heavy (non-hydrogen) atoms. The molecule has 0 bridgehead atoms. The minimum Gasteiger partial charge on any atom is -0.492 e. The maximum atomic E-state index is 13.9. The van der Waals surface area contributed by atoms with Crippen LogP contribution < -0.4 is 4.74 Å². The van der Waals surface area contributed by atoms with Gasteiger partial charge >= 0.3 is 12.1 Å². The molecule has 3 heterocycles. The fourth-order valence-corrected chi connectivity index (χ4v) is 5.99. The summed E-state index contributed by atoms with van der Waals surface area (Å²) in [5.41, 5.74) is -1.66. The lowest BCUT2D eigenvalue weighted by Crippen LogP contribution is -2.38. The number of carbonyl (C=O) groups is 2. The summed E-state index contributed by atoms with van der Waals surface area (Å²) in [6.45, 7) is 10.9. The highest BCUT2D eigenvalue weighted by Crippen LogP contribution is 2.47. The Bertz CT molecular complexity index is 1210. The predicted molar refractivity (Wildman–Crippen MR) is 142 cm³/mol. The Kier molecular flexibility index (Phi) is 8.72. The van der Waals surface area contributed by atoms with Crippen molar-refractivity contribution >= 4 is 28.8 Å². The molecule has 4 rings (SSSR count). The first-order chi connectivity index (χ1) is 18.4. The number of fused-ring (bicyclic) bond motifs is 1. The second kappa shape index (κ2) is 11.7. The number of hydrogen-bond acceptors (Lipinski definition) is 7. The van der Waals surface area contributed by atoms with Crippen molar-refractivity contribution in [3.8, 4) is 5.75 Å². The smallest absolute Gasteiger partial charge is 0.417 e. The van der Waals surface area contributed by atoms with E-state index in [-0.39, 0.29) is 22.6 Å². The van der Waals surface area contributed by atoms with E-state index in [1.807, 2.05) is 0 Å². The molecule has 1 aromatic carbocycles. The van der Waals surface area contributed by atoms with Crippen molar-refractivity contribution in [3.63, 3.8) is 0 Å². The first-order valence-corrected chi connectivity index (χ1v) is 13.7. The number of hydrogen-bond donors (Lipinski definition) is 0. The van der Waals surface area contributed by atoms with Gasteiger partial charge in [-0.3, -0.25) is 9.69 Å². The highest BCUT2D eigenvalue weighted by Gasteiger charge is 2.44. The van der Waals surface area contributed by atoms with Crippen LogP contribution in [-0.2, 0) is 25.9 Å². The molecule has 0 spiro atoms. The van der Waals surface area contributed by atoms with Crippen LogP contribution in [0.3, 0.4) is 0 Å². The number of morpholine rings is 1. The van der Waals surface area contributed by atoms with Crippen LogP contribution in [0.2, 0.25) is 0 Å². The number of nitrogens with zero attached hydrogens (tertiary/aromatic N) is 2. The molecule has 1 amide bonds. The number of rotatable bonds is 7. The van der Waals surface area contributed by atoms with Gasteiger partial charge in [0.15, 0.2) is 0 Å². The molecule has 0 saturated carbocycles. The number of thiophene rings is 1. The fraction of sp³-hybridized carbons (Fsp3) is 0.500. The molecule has 2 aliphatic rings. The van der Waals surface area contributed by atoms with Gasteiger partial charge in [-0.15, -0.1) is 11.3 Å². The van der Waals surface area contributed by atoms with Gasteiger partial charge in [-0.05, 0) is 43.7 Å². The summed E-state index contributed by atoms with van der Waals surface area (Å²) in [6.07, 6.45) is -3.77. The van der Waals surface area contributed by atoms with Gasteiger partial charge in [-0.25, -0.2) is 4.79 Å². The number of ether oxygens (including phenoxy) is 3. The van der Waals surface area contributed by atoms with Gasteiger partial charge in [0, 0.05) is 53.6 Å². The molecule has 2 aromatic rings. The van der Waals surface area contributed by atoms with Crippen LogP contribution in [0, 0.1) is 0 Å². The Hall–Kier alpha value is -2.89. The summed E-state index contributed by atoms with van der Waals surface area (Å²) in [5.74, 6) is -0.618. The third-order valence-corrected chi connectivity index (χ3v) is 7.59. The minimum absolute atomic E-state index is 0.00808. The average Bonchev–Trinajstić information content (AvgIpc) is 3.29. The first kappa shape index (κ1) is 29.1. The largest absolute Gasteiger partial charge is 0.492 e. The topological polar surface area (TPSA) is 68.3 Å². The molecule has 0 aliphatic carbocycles. The van der Waals surface area contributed by atoms with E-state index in [0.717, 1.165) is 36.4 Å². The Morgan fingerprint density at radius 2 is 1.79 bits per heavy atom. The Morgan fingerprint density at radius 1 is 1.13 bits per heavy atom. The quantitative estimate of drug-likeness (QED) is 0.429. The highest BCUT2D eigenvalue weighted by molar-refractivity contribution is 7.12. The van der Waals surface area contributed by atoms with E-state index in [9.17, 15) is 22.8 Å². The summed E-state index contributed by atoms with van der Waals surface area (Å²) in [4.78, 5) is 30.3. The van der Waals surface area contributed by atoms with Gasteiger partial charge in [-0.2, -0.15) is 13.2 Å². The second-order valence-corrected chi connectivity index (χ2v) is 11.4. The minimum atomic E-state index is -4.61. The monoisotopic (exact) mass is 566 g/mol. The number of carbonyl (C=O) groups excluding carboxylic acids is 2. The van der Waals surface area contributed by atoms with Gasteiger partial charge in [0.25, 0.3) is 5.91 Å². The molecule has 1 fully saturated rings. The van der Waals surface area contributed by atoms with Crippen molar-refractivity contribution in [2.75, 3.05) is 46.0 Å². The van der Waals surface area contributed by atoms with Crippen molar-refractivity contribution in [1.82, 2.24) is 9.80 Å². The number of amides is 1. The number of benzene rings is 1. The number of halogens is 3. The maximum absolute atomic E-state index is 13.9. The van der Waals surface area contributed by atoms with Crippen LogP contribution >= 0.6 is 11.3 Å². The zero-order valence-corrected chi connectivity index (χ0v) is 23.3. The van der Waals surface area contributed by atoms with Gasteiger partial charge < -0.3 is 19.1 Å². The van der Waals surface area contributed by atoms with Crippen LogP contribution in [0.1, 0.15) is 54.1 Å². The molecule has 0 radical (unpaired) electrons. The third-order valence-electron chi connectivity index (χ3n) is 6.57. The summed E-state index contributed by atoms with van der Waals surface area (Å²) in [6, 6.07) is 6.60. The summed E-state index contributed by atoms with van der Waals surface area (Å²) >= 11 is 0.833. The van der Waals surface area contributed by atoms with E-state index in [1.165, 1.54) is 11.1 Å². The highest BCUT2D eigenvalue weighted by atomic mass is 32.1. The van der Waals surface area contributed by atoms with Crippen molar-refractivity contribution in [1.29, 1.82) is 0 Å². The van der Waals surface area contributed by atoms with Crippen molar-refractivity contribution < 1.29 is 37.0 Å². The second-order valence-electron chi connectivity index (χ2n) is 10.5. The zero-order chi connectivity index (χ0) is 28.4. The Labute approximate surface area is 230 Å². The molecule has 0 atom stereocenters. The lowest BCUT2D eigenvalue weighted by atomic mass is 9.81. The molecule has 1 aromatic heterocycles. The van der Waals surface area contributed by atoms with Crippen molar-refractivity contribution in [2.45, 2.75) is 45.4 Å². The normalized spacial score (nSPS) is 17.8. The van der Waals surface area contributed by atoms with Gasteiger partial charge in [0.2, 0.25) is 0 Å². The Morgan fingerprint density at radius 3 is 2.41 bits per heavy atom. The third kappa shape index (κ3) is 6.82. The average molecular weight is 567 g/mol. The number of esters is 1. The SMILES string of the molecule is CC(C)OC(=O)C1=CN(C(=O)c2ccc(OCCN3CCOCC3)cc2)CC(C)(C)c2c(C(F)(F)F)csc21. The maximum Gasteiger partial charge on any atom is 0.417 e. The zero-order valence-electron chi connectivity index (χ0n) is 22.5. The summed E-state index contributed by atoms with van der Waals surface area (Å²) in [7, 11) is 0. The van der Waals surface area contributed by atoms with Gasteiger partial charge in [0.05, 0.1) is 30.5 Å². The van der Waals surface area contributed by atoms with Crippen LogP contribution in [-0.4, -0.2) is 73.8 Å². The Balaban J connectivity index is 1.57. The number of alkyl halides is 3. The van der Waals surface area contributed by atoms with Crippen LogP contribution in [0.5, 0.6) is 5.75 Å². The van der Waals surface area contributed by atoms with E-state index in [2.05, 4.69) is 4.90 Å². The summed E-state index contributed by atoms with van der Waals surface area (Å²) in [5, 5.41) is 1.03. The van der Waals surface area contributed by atoms with Crippen LogP contribution in [0.25, 0.3) is 5.57 Å². The molecule has 1 saturated heterocycles. The van der Waals surface area contributed by atoms with E-state index >= 15 is 0 Å². The van der Waals surface area contributed by atoms with Gasteiger partial charge in [-0.1, -0.05) is 13.8 Å². The van der Waals surface area contributed by atoms with Crippen LogP contribution in [0.15, 0.2) is 35.8 Å². The van der Waals surface area contributed by atoms with Crippen LogP contribution in [0.4, 0.5) is 13.2 Å². The van der Waals surface area contributed by atoms with E-state index in [4.69, 9.17) is 14.2 Å². The fourth-order valence-electron chi connectivity index (χ4n) is 4.73. The standard InChI is InChI=1S/C28H33F3N2O5S/c1-18(2)38-26(35)21-15-33(17-27(3,4)23-22(28(29,30)31)16-39-24(21)23)25(34)19-5-7-20(8-6-19)37-14-11-32-9-12-36-13-10-32/h5-8,15-16,18H,9-14,17H2,1-4H3. The molecular weight excluding hydrogens is 533 g/mol. The lowest BCUT2D eigenvalue weighted by molar-refractivity contribution is -0.140. The molecule has 0 unspecified atom stereocenters. The first-order valence-electron chi connectivity index (χ1n) is 12.8. The lowest BCUT2D eigenvalue weighted by Gasteiger charge is -2.30. The molecule has 2 aliphatic heterocycles. The molecule has 11 heteroatoms. The summed E-state index contributed by atoms with van der Waals surface area (Å²) < 4.78 is 58.4. The molecule has 0 N–H and O–H groups in total. The molecular formula is C28H33F3N2O5S.